The van der Waals surface area contributed by atoms with Crippen LogP contribution in [0.3, 0.4) is 0 Å². The van der Waals surface area contributed by atoms with Crippen LogP contribution in [0.4, 0.5) is 0 Å². The molecule has 2 fully saturated rings. The van der Waals surface area contributed by atoms with Crippen LogP contribution in [0, 0.1) is 18.3 Å². The predicted molar refractivity (Wildman–Crippen MR) is 86.8 cm³/mol. The second kappa shape index (κ2) is 6.49. The van der Waals surface area contributed by atoms with Crippen LogP contribution in [0.2, 0.25) is 0 Å². The van der Waals surface area contributed by atoms with Crippen molar-refractivity contribution >= 4 is 11.9 Å². The predicted octanol–water partition coefficient (Wildman–Crippen LogP) is 0.495. The maximum Gasteiger partial charge on any atom is 0.313 e. The number of ether oxygens (including phenoxy) is 1. The normalized spacial score (nSPS) is 26.6. The molecule has 2 saturated heterocycles. The van der Waals surface area contributed by atoms with Crippen LogP contribution in [0.25, 0.3) is 0 Å². The lowest BCUT2D eigenvalue weighted by atomic mass is 9.81. The van der Waals surface area contributed by atoms with Gasteiger partial charge in [0.15, 0.2) is 0 Å². The minimum Gasteiger partial charge on any atom is -0.481 e. The van der Waals surface area contributed by atoms with Crippen molar-refractivity contribution in [1.29, 1.82) is 0 Å². The van der Waals surface area contributed by atoms with Gasteiger partial charge in [-0.1, -0.05) is 0 Å². The summed E-state index contributed by atoms with van der Waals surface area (Å²) in [5.74, 6) is -0.988. The third kappa shape index (κ3) is 2.78. The zero-order valence-electron chi connectivity index (χ0n) is 14.1. The number of likely N-dealkylation sites (tertiary alicyclic amines) is 2. The van der Waals surface area contributed by atoms with Crippen LogP contribution in [0.1, 0.15) is 16.1 Å². The van der Waals surface area contributed by atoms with E-state index < -0.39 is 11.4 Å². The lowest BCUT2D eigenvalue weighted by Gasteiger charge is -2.25. The molecular formula is C17H23N3O4. The summed E-state index contributed by atoms with van der Waals surface area (Å²) in [7, 11) is 1.64. The van der Waals surface area contributed by atoms with Gasteiger partial charge in [-0.2, -0.15) is 0 Å². The van der Waals surface area contributed by atoms with Crippen molar-refractivity contribution in [3.8, 4) is 0 Å². The standard InChI is InChI=1S/C17H23N3O4/c1-12-14(4-3-5-18-12)15(21)20-9-13-8-19(6-7-24-2)10-17(13,11-20)16(22)23/h3-5,13H,6-11H2,1-2H3,(H,22,23)/t13-,17-/m1/s1. The highest BCUT2D eigenvalue weighted by Gasteiger charge is 2.58. The minimum atomic E-state index is -0.875. The van der Waals surface area contributed by atoms with Gasteiger partial charge in [0.05, 0.1) is 12.2 Å². The molecule has 0 bridgehead atoms. The molecular weight excluding hydrogens is 310 g/mol. The molecule has 0 saturated carbocycles. The van der Waals surface area contributed by atoms with E-state index in [0.717, 1.165) is 6.54 Å². The van der Waals surface area contributed by atoms with Crippen molar-refractivity contribution < 1.29 is 19.4 Å². The van der Waals surface area contributed by atoms with Gasteiger partial charge in [0, 0.05) is 57.6 Å². The van der Waals surface area contributed by atoms with E-state index in [1.165, 1.54) is 0 Å². The lowest BCUT2D eigenvalue weighted by Crippen LogP contribution is -2.42. The van der Waals surface area contributed by atoms with Crippen molar-refractivity contribution in [1.82, 2.24) is 14.8 Å². The Hall–Kier alpha value is -1.99. The second-order valence-corrected chi connectivity index (χ2v) is 6.71. The van der Waals surface area contributed by atoms with Crippen LogP contribution in [0.5, 0.6) is 0 Å². The molecule has 2 aliphatic heterocycles. The number of aryl methyl sites for hydroxylation is 1. The third-order valence-corrected chi connectivity index (χ3v) is 5.24. The zero-order chi connectivity index (χ0) is 17.3. The molecule has 2 atom stereocenters. The van der Waals surface area contributed by atoms with Crippen LogP contribution in [-0.4, -0.2) is 78.2 Å². The van der Waals surface area contributed by atoms with Gasteiger partial charge >= 0.3 is 5.97 Å². The maximum absolute atomic E-state index is 12.8. The molecule has 0 aromatic carbocycles. The summed E-state index contributed by atoms with van der Waals surface area (Å²) in [6.45, 7) is 4.98. The molecule has 3 heterocycles. The number of carboxylic acid groups (broad SMARTS) is 1. The Morgan fingerprint density at radius 3 is 2.83 bits per heavy atom. The van der Waals surface area contributed by atoms with Crippen molar-refractivity contribution in [3.63, 3.8) is 0 Å². The first-order valence-corrected chi connectivity index (χ1v) is 8.13. The van der Waals surface area contributed by atoms with Gasteiger partial charge in [-0.05, 0) is 19.1 Å². The largest absolute Gasteiger partial charge is 0.481 e. The lowest BCUT2D eigenvalue weighted by molar-refractivity contribution is -0.148. The smallest absolute Gasteiger partial charge is 0.313 e. The van der Waals surface area contributed by atoms with E-state index >= 15 is 0 Å². The molecule has 0 spiro atoms. The first-order chi connectivity index (χ1) is 11.5. The zero-order valence-corrected chi connectivity index (χ0v) is 14.1. The summed E-state index contributed by atoms with van der Waals surface area (Å²) in [5, 5.41) is 9.83. The highest BCUT2D eigenvalue weighted by atomic mass is 16.5. The summed E-state index contributed by atoms with van der Waals surface area (Å²) >= 11 is 0. The van der Waals surface area contributed by atoms with Crippen LogP contribution in [0.15, 0.2) is 18.3 Å². The summed E-state index contributed by atoms with van der Waals surface area (Å²) in [6, 6.07) is 3.48. The van der Waals surface area contributed by atoms with Gasteiger partial charge in [0.25, 0.3) is 5.91 Å². The molecule has 3 rings (SSSR count). The molecule has 130 valence electrons. The fraction of sp³-hybridized carbons (Fsp3) is 0.588. The van der Waals surface area contributed by atoms with Gasteiger partial charge in [0.2, 0.25) is 0 Å². The number of aromatic nitrogens is 1. The SMILES string of the molecule is COCCN1C[C@@H]2CN(C(=O)c3cccnc3C)C[C@]2(C(=O)O)C1. The molecule has 1 N–H and O–H groups in total. The molecule has 7 nitrogen and oxygen atoms in total. The monoisotopic (exact) mass is 333 g/mol. The van der Waals surface area contributed by atoms with E-state index in [-0.39, 0.29) is 18.4 Å². The topological polar surface area (TPSA) is 83.0 Å². The van der Waals surface area contributed by atoms with Crippen molar-refractivity contribution in [2.75, 3.05) is 46.4 Å². The number of carbonyl (C=O) groups excluding carboxylic acids is 1. The summed E-state index contributed by atoms with van der Waals surface area (Å²) in [5.41, 5.74) is 0.347. The molecule has 0 unspecified atom stereocenters. The van der Waals surface area contributed by atoms with Crippen LogP contribution < -0.4 is 0 Å². The molecule has 1 amide bonds. The molecule has 0 aliphatic carbocycles. The highest BCUT2D eigenvalue weighted by Crippen LogP contribution is 2.43. The Bertz CT molecular complexity index is 650. The number of fused-ring (bicyclic) bond motifs is 1. The maximum atomic E-state index is 12.8. The number of aliphatic carboxylic acids is 1. The quantitative estimate of drug-likeness (QED) is 0.845. The summed E-state index contributed by atoms with van der Waals surface area (Å²) in [6.07, 6.45) is 1.65. The molecule has 1 aromatic rings. The van der Waals surface area contributed by atoms with Gasteiger partial charge in [-0.25, -0.2) is 0 Å². The van der Waals surface area contributed by atoms with Crippen molar-refractivity contribution in [2.45, 2.75) is 6.92 Å². The minimum absolute atomic E-state index is 0.0483. The fourth-order valence-electron chi connectivity index (χ4n) is 3.90. The Morgan fingerprint density at radius 2 is 2.21 bits per heavy atom. The first kappa shape index (κ1) is 16.9. The van der Waals surface area contributed by atoms with E-state index in [1.54, 1.807) is 37.3 Å². The third-order valence-electron chi connectivity index (χ3n) is 5.24. The Labute approximate surface area is 141 Å². The fourth-order valence-corrected chi connectivity index (χ4v) is 3.90. The number of methoxy groups -OCH3 is 1. The molecule has 0 radical (unpaired) electrons. The van der Waals surface area contributed by atoms with Gasteiger partial charge < -0.3 is 14.7 Å². The second-order valence-electron chi connectivity index (χ2n) is 6.71. The number of pyridine rings is 1. The average Bonchev–Trinajstić information content (AvgIpc) is 3.07. The number of rotatable bonds is 5. The van der Waals surface area contributed by atoms with E-state index in [9.17, 15) is 14.7 Å². The Balaban J connectivity index is 1.77. The van der Waals surface area contributed by atoms with E-state index in [2.05, 4.69) is 9.88 Å². The van der Waals surface area contributed by atoms with Crippen LogP contribution >= 0.6 is 0 Å². The van der Waals surface area contributed by atoms with E-state index in [1.807, 2.05) is 0 Å². The van der Waals surface area contributed by atoms with Crippen molar-refractivity contribution in [3.05, 3.63) is 29.6 Å². The summed E-state index contributed by atoms with van der Waals surface area (Å²) in [4.78, 5) is 32.7. The van der Waals surface area contributed by atoms with Gasteiger partial charge in [-0.15, -0.1) is 0 Å². The molecule has 7 heteroatoms. The van der Waals surface area contributed by atoms with Gasteiger partial charge in [0.1, 0.15) is 5.41 Å². The number of hydrogen-bond acceptors (Lipinski definition) is 5. The van der Waals surface area contributed by atoms with E-state index in [4.69, 9.17) is 4.74 Å². The number of amides is 1. The number of nitrogens with zero attached hydrogens (tertiary/aromatic N) is 3. The molecule has 24 heavy (non-hydrogen) atoms. The Kier molecular flexibility index (Phi) is 4.56. The van der Waals surface area contributed by atoms with Crippen molar-refractivity contribution in [2.24, 2.45) is 11.3 Å². The highest BCUT2D eigenvalue weighted by molar-refractivity contribution is 5.96. The van der Waals surface area contributed by atoms with E-state index in [0.29, 0.717) is 37.5 Å². The number of carboxylic acids is 1. The first-order valence-electron chi connectivity index (χ1n) is 8.13. The number of carbonyl (C=O) groups is 2. The molecule has 1 aromatic heterocycles. The summed E-state index contributed by atoms with van der Waals surface area (Å²) < 4.78 is 5.09. The number of hydrogen-bond donors (Lipinski definition) is 1. The van der Waals surface area contributed by atoms with Gasteiger partial charge in [-0.3, -0.25) is 19.5 Å². The Morgan fingerprint density at radius 1 is 1.42 bits per heavy atom. The molecule has 2 aliphatic rings. The average molecular weight is 333 g/mol. The van der Waals surface area contributed by atoms with Crippen LogP contribution in [-0.2, 0) is 9.53 Å².